The van der Waals surface area contributed by atoms with Crippen LogP contribution in [0.5, 0.6) is 0 Å². The highest BCUT2D eigenvalue weighted by Crippen LogP contribution is 2.27. The fraction of sp³-hybridized carbons (Fsp3) is 0.294. The van der Waals surface area contributed by atoms with Crippen molar-refractivity contribution >= 4 is 34.4 Å². The summed E-state index contributed by atoms with van der Waals surface area (Å²) in [6, 6.07) is 9.74. The Balaban J connectivity index is 1.77. The molecule has 24 heavy (non-hydrogen) atoms. The normalized spacial score (nSPS) is 14.8. The van der Waals surface area contributed by atoms with Crippen LogP contribution in [0, 0.1) is 0 Å². The van der Waals surface area contributed by atoms with Gasteiger partial charge in [0.15, 0.2) is 0 Å². The second-order valence-corrected chi connectivity index (χ2v) is 5.86. The van der Waals surface area contributed by atoms with Gasteiger partial charge in [0.25, 0.3) is 0 Å². The van der Waals surface area contributed by atoms with Crippen LogP contribution in [-0.2, 0) is 0 Å². The molecule has 2 aromatic heterocycles. The van der Waals surface area contributed by atoms with Crippen LogP contribution in [-0.4, -0.2) is 33.0 Å². The zero-order valence-corrected chi connectivity index (χ0v) is 13.3. The van der Waals surface area contributed by atoms with Gasteiger partial charge < -0.3 is 16.0 Å². The number of nitrogens with one attached hydrogen (secondary N) is 1. The van der Waals surface area contributed by atoms with Gasteiger partial charge in [0.1, 0.15) is 11.6 Å². The number of benzene rings is 1. The minimum atomic E-state index is 0.231. The van der Waals surface area contributed by atoms with Crippen molar-refractivity contribution in [1.29, 1.82) is 0 Å². The van der Waals surface area contributed by atoms with E-state index in [0.29, 0.717) is 5.82 Å². The van der Waals surface area contributed by atoms with Crippen molar-refractivity contribution in [3.05, 3.63) is 36.5 Å². The smallest absolute Gasteiger partial charge is 0.227 e. The Bertz CT molecular complexity index is 858. The van der Waals surface area contributed by atoms with E-state index in [4.69, 9.17) is 15.7 Å². The summed E-state index contributed by atoms with van der Waals surface area (Å²) >= 11 is 0. The van der Waals surface area contributed by atoms with Crippen LogP contribution in [0.2, 0.25) is 0 Å². The predicted molar refractivity (Wildman–Crippen MR) is 95.3 cm³/mol. The average molecular weight is 321 g/mol. The monoisotopic (exact) mass is 321 g/mol. The molecule has 0 spiro atoms. The molecule has 1 aromatic carbocycles. The van der Waals surface area contributed by atoms with Crippen LogP contribution in [0.15, 0.2) is 36.5 Å². The number of hydrogen-bond donors (Lipinski definition) is 2. The van der Waals surface area contributed by atoms with Gasteiger partial charge in [0, 0.05) is 24.7 Å². The molecular weight excluding hydrogens is 302 g/mol. The molecule has 0 amide bonds. The largest absolute Gasteiger partial charge is 0.368 e. The first-order valence-corrected chi connectivity index (χ1v) is 8.17. The van der Waals surface area contributed by atoms with Crippen LogP contribution in [0.4, 0.5) is 23.5 Å². The fourth-order valence-electron chi connectivity index (χ4n) is 2.96. The number of anilines is 4. The van der Waals surface area contributed by atoms with Gasteiger partial charge in [-0.3, -0.25) is 0 Å². The maximum Gasteiger partial charge on any atom is 0.227 e. The van der Waals surface area contributed by atoms with E-state index < -0.39 is 0 Å². The summed E-state index contributed by atoms with van der Waals surface area (Å²) in [4.78, 5) is 19.9. The van der Waals surface area contributed by atoms with Gasteiger partial charge in [-0.2, -0.15) is 9.97 Å². The Morgan fingerprint density at radius 2 is 1.79 bits per heavy atom. The summed E-state index contributed by atoms with van der Waals surface area (Å²) in [5, 5.41) is 4.21. The Labute approximate surface area is 140 Å². The fourth-order valence-corrected chi connectivity index (χ4v) is 2.96. The highest BCUT2D eigenvalue weighted by molar-refractivity contribution is 5.91. The van der Waals surface area contributed by atoms with E-state index >= 15 is 0 Å². The maximum atomic E-state index is 5.67. The second kappa shape index (κ2) is 6.27. The highest BCUT2D eigenvalue weighted by Gasteiger charge is 2.16. The van der Waals surface area contributed by atoms with Crippen molar-refractivity contribution < 1.29 is 0 Å². The van der Waals surface area contributed by atoms with Crippen molar-refractivity contribution in [3.8, 4) is 0 Å². The van der Waals surface area contributed by atoms with E-state index in [1.807, 2.05) is 24.3 Å². The molecule has 1 saturated heterocycles. The highest BCUT2D eigenvalue weighted by atomic mass is 15.3. The first-order valence-electron chi connectivity index (χ1n) is 8.17. The molecule has 7 heteroatoms. The molecule has 0 atom stereocenters. The summed E-state index contributed by atoms with van der Waals surface area (Å²) in [6.45, 7) is 2.00. The van der Waals surface area contributed by atoms with E-state index in [9.17, 15) is 0 Å². The first kappa shape index (κ1) is 14.6. The molecule has 0 bridgehead atoms. The van der Waals surface area contributed by atoms with E-state index in [0.717, 1.165) is 35.8 Å². The lowest BCUT2D eigenvalue weighted by Crippen LogP contribution is -2.31. The van der Waals surface area contributed by atoms with Crippen LogP contribution in [0.25, 0.3) is 10.9 Å². The Morgan fingerprint density at radius 3 is 2.62 bits per heavy atom. The minimum absolute atomic E-state index is 0.231. The van der Waals surface area contributed by atoms with Gasteiger partial charge >= 0.3 is 0 Å². The summed E-state index contributed by atoms with van der Waals surface area (Å²) in [5.41, 5.74) is 6.58. The van der Waals surface area contributed by atoms with Gasteiger partial charge in [-0.1, -0.05) is 12.1 Å². The topological polar surface area (TPSA) is 92.8 Å². The lowest BCUT2D eigenvalue weighted by Gasteiger charge is -2.27. The Morgan fingerprint density at radius 1 is 0.958 bits per heavy atom. The molecule has 3 N–H and O–H groups in total. The number of aromatic nitrogens is 4. The number of piperidine rings is 1. The first-order chi connectivity index (χ1) is 11.8. The summed E-state index contributed by atoms with van der Waals surface area (Å²) in [5.74, 6) is 2.35. The van der Waals surface area contributed by atoms with Crippen LogP contribution in [0.3, 0.4) is 0 Å². The lowest BCUT2D eigenvalue weighted by atomic mass is 10.1. The lowest BCUT2D eigenvalue weighted by molar-refractivity contribution is 0.569. The molecule has 0 saturated carbocycles. The van der Waals surface area contributed by atoms with Crippen LogP contribution >= 0.6 is 0 Å². The van der Waals surface area contributed by atoms with E-state index in [1.165, 1.54) is 19.3 Å². The molecule has 1 fully saturated rings. The van der Waals surface area contributed by atoms with E-state index in [-0.39, 0.29) is 5.95 Å². The van der Waals surface area contributed by atoms with Crippen molar-refractivity contribution in [2.45, 2.75) is 19.3 Å². The molecule has 3 heterocycles. The van der Waals surface area contributed by atoms with Crippen molar-refractivity contribution in [3.63, 3.8) is 0 Å². The van der Waals surface area contributed by atoms with Crippen LogP contribution < -0.4 is 16.0 Å². The molecule has 7 nitrogen and oxygen atoms in total. The number of para-hydroxylation sites is 1. The van der Waals surface area contributed by atoms with Gasteiger partial charge in [-0.25, -0.2) is 9.97 Å². The van der Waals surface area contributed by atoms with Crippen molar-refractivity contribution in [1.82, 2.24) is 19.9 Å². The van der Waals surface area contributed by atoms with E-state index in [2.05, 4.69) is 20.2 Å². The number of nitrogen functional groups attached to an aromatic ring is 1. The maximum absolute atomic E-state index is 5.67. The number of rotatable bonds is 3. The summed E-state index contributed by atoms with van der Waals surface area (Å²) in [6.07, 6.45) is 5.26. The number of hydrogen-bond acceptors (Lipinski definition) is 7. The van der Waals surface area contributed by atoms with Gasteiger partial charge in [0.2, 0.25) is 11.9 Å². The predicted octanol–water partition coefficient (Wildman–Crippen LogP) is 2.74. The SMILES string of the molecule is Nc1nccc(Nc2nc(N3CCCCC3)nc3ccccc23)n1. The molecule has 0 aliphatic carbocycles. The third-order valence-corrected chi connectivity index (χ3v) is 4.15. The molecule has 1 aliphatic rings. The minimum Gasteiger partial charge on any atom is -0.368 e. The Hall–Kier alpha value is -2.96. The molecule has 0 unspecified atom stereocenters. The van der Waals surface area contributed by atoms with Crippen LogP contribution in [0.1, 0.15) is 19.3 Å². The number of fused-ring (bicyclic) bond motifs is 1. The summed E-state index contributed by atoms with van der Waals surface area (Å²) in [7, 11) is 0. The number of nitrogens with two attached hydrogens (primary N) is 1. The quantitative estimate of drug-likeness (QED) is 0.766. The van der Waals surface area contributed by atoms with Gasteiger partial charge in [-0.15, -0.1) is 0 Å². The molecule has 4 rings (SSSR count). The zero-order chi connectivity index (χ0) is 16.4. The van der Waals surface area contributed by atoms with Crippen molar-refractivity contribution in [2.75, 3.05) is 29.0 Å². The Kier molecular flexibility index (Phi) is 3.82. The van der Waals surface area contributed by atoms with Gasteiger partial charge in [-0.05, 0) is 37.5 Å². The molecule has 3 aromatic rings. The molecule has 1 aliphatic heterocycles. The molecular formula is C17H19N7. The third kappa shape index (κ3) is 2.92. The zero-order valence-electron chi connectivity index (χ0n) is 13.3. The van der Waals surface area contributed by atoms with Crippen molar-refractivity contribution in [2.24, 2.45) is 0 Å². The number of nitrogens with zero attached hydrogens (tertiary/aromatic N) is 5. The van der Waals surface area contributed by atoms with E-state index in [1.54, 1.807) is 12.3 Å². The third-order valence-electron chi connectivity index (χ3n) is 4.15. The average Bonchev–Trinajstić information content (AvgIpc) is 2.62. The molecule has 122 valence electrons. The summed E-state index contributed by atoms with van der Waals surface area (Å²) < 4.78 is 0. The standard InChI is InChI=1S/C17H19N7/c18-16-19-9-8-14(22-16)21-15-12-6-2-3-7-13(12)20-17(23-15)24-10-4-1-5-11-24/h2-3,6-9H,1,4-5,10-11H2,(H3,18,19,20,21,22,23). The van der Waals surface area contributed by atoms with Gasteiger partial charge in [0.05, 0.1) is 5.52 Å². The molecule has 0 radical (unpaired) electrons. The second-order valence-electron chi connectivity index (χ2n) is 5.86.